The molecule has 0 aliphatic carbocycles. The standard InChI is InChI=1S/C25H29NO4/c1-17-13-18(2)15-20(14-17)16-23(27)9-7-22-8-10-24(28)26(22)12-11-19-3-5-21(6-4-19)25(29)30/h3-7,9,13-15,22-23,27H,8,10-12,16H2,1-2H3,(H,29,30)/t22-,23+/m0/s1. The smallest absolute Gasteiger partial charge is 0.335 e. The van der Waals surface area contributed by atoms with Crippen molar-refractivity contribution in [1.29, 1.82) is 0 Å². The molecule has 0 unspecified atom stereocenters. The molecule has 1 aliphatic rings. The fourth-order valence-corrected chi connectivity index (χ4v) is 4.06. The Hall–Kier alpha value is -2.92. The molecule has 3 rings (SSSR count). The van der Waals surface area contributed by atoms with E-state index in [0.717, 1.165) is 17.5 Å². The van der Waals surface area contributed by atoms with Crippen LogP contribution in [0.25, 0.3) is 0 Å². The zero-order valence-corrected chi connectivity index (χ0v) is 17.5. The Morgan fingerprint density at radius 1 is 1.13 bits per heavy atom. The van der Waals surface area contributed by atoms with E-state index in [9.17, 15) is 14.7 Å². The second-order valence-electron chi connectivity index (χ2n) is 8.10. The highest BCUT2D eigenvalue weighted by Crippen LogP contribution is 2.21. The number of aryl methyl sites for hydroxylation is 2. The van der Waals surface area contributed by atoms with Crippen molar-refractivity contribution < 1.29 is 19.8 Å². The van der Waals surface area contributed by atoms with Crippen molar-refractivity contribution >= 4 is 11.9 Å². The van der Waals surface area contributed by atoms with Gasteiger partial charge in [-0.15, -0.1) is 0 Å². The molecular weight excluding hydrogens is 378 g/mol. The molecule has 0 saturated carbocycles. The van der Waals surface area contributed by atoms with Crippen LogP contribution in [0.3, 0.4) is 0 Å². The van der Waals surface area contributed by atoms with Gasteiger partial charge in [-0.05, 0) is 49.9 Å². The number of hydrogen-bond donors (Lipinski definition) is 2. The van der Waals surface area contributed by atoms with E-state index in [1.54, 1.807) is 30.3 Å². The van der Waals surface area contributed by atoms with Crippen molar-refractivity contribution in [3.63, 3.8) is 0 Å². The van der Waals surface area contributed by atoms with Gasteiger partial charge in [0.05, 0.1) is 17.7 Å². The number of hydrogen-bond acceptors (Lipinski definition) is 3. The third-order valence-electron chi connectivity index (χ3n) is 5.50. The maximum atomic E-state index is 12.3. The van der Waals surface area contributed by atoms with Gasteiger partial charge in [0, 0.05) is 19.4 Å². The Labute approximate surface area is 177 Å². The summed E-state index contributed by atoms with van der Waals surface area (Å²) in [5, 5.41) is 19.4. The van der Waals surface area contributed by atoms with Crippen molar-refractivity contribution in [1.82, 2.24) is 4.90 Å². The number of aliphatic hydroxyl groups excluding tert-OH is 1. The normalized spacial score (nSPS) is 17.6. The van der Waals surface area contributed by atoms with E-state index < -0.39 is 12.1 Å². The van der Waals surface area contributed by atoms with Gasteiger partial charge in [-0.2, -0.15) is 0 Å². The molecule has 0 spiro atoms. The van der Waals surface area contributed by atoms with E-state index >= 15 is 0 Å². The highest BCUT2D eigenvalue weighted by Gasteiger charge is 2.28. The summed E-state index contributed by atoms with van der Waals surface area (Å²) in [5.74, 6) is -0.823. The van der Waals surface area contributed by atoms with Crippen LogP contribution in [0.15, 0.2) is 54.6 Å². The molecule has 1 saturated heterocycles. The first-order chi connectivity index (χ1) is 14.3. The average Bonchev–Trinajstić information content (AvgIpc) is 3.03. The van der Waals surface area contributed by atoms with Crippen molar-refractivity contribution in [2.45, 2.75) is 51.7 Å². The molecule has 30 heavy (non-hydrogen) atoms. The van der Waals surface area contributed by atoms with Crippen LogP contribution in [0.5, 0.6) is 0 Å². The van der Waals surface area contributed by atoms with Crippen LogP contribution >= 0.6 is 0 Å². The lowest BCUT2D eigenvalue weighted by molar-refractivity contribution is -0.128. The molecular formula is C25H29NO4. The van der Waals surface area contributed by atoms with E-state index in [1.807, 2.05) is 11.0 Å². The van der Waals surface area contributed by atoms with Crippen molar-refractivity contribution in [2.24, 2.45) is 0 Å². The Kier molecular flexibility index (Phi) is 7.06. The van der Waals surface area contributed by atoms with Gasteiger partial charge in [-0.1, -0.05) is 53.6 Å². The Morgan fingerprint density at radius 3 is 2.43 bits per heavy atom. The van der Waals surface area contributed by atoms with E-state index in [4.69, 9.17) is 5.11 Å². The van der Waals surface area contributed by atoms with Gasteiger partial charge in [0.15, 0.2) is 0 Å². The van der Waals surface area contributed by atoms with Crippen LogP contribution in [0.2, 0.25) is 0 Å². The van der Waals surface area contributed by atoms with Gasteiger partial charge in [0.25, 0.3) is 0 Å². The zero-order chi connectivity index (χ0) is 21.7. The molecule has 0 radical (unpaired) electrons. The van der Waals surface area contributed by atoms with E-state index in [0.29, 0.717) is 25.8 Å². The van der Waals surface area contributed by atoms with Crippen molar-refractivity contribution in [2.75, 3.05) is 6.54 Å². The van der Waals surface area contributed by atoms with E-state index in [-0.39, 0.29) is 17.5 Å². The van der Waals surface area contributed by atoms with Crippen LogP contribution in [0, 0.1) is 13.8 Å². The summed E-state index contributed by atoms with van der Waals surface area (Å²) in [6, 6.07) is 13.0. The Bertz CT molecular complexity index is 912. The van der Waals surface area contributed by atoms with Crippen LogP contribution in [0.4, 0.5) is 0 Å². The number of carboxylic acid groups (broad SMARTS) is 1. The van der Waals surface area contributed by atoms with E-state index in [1.165, 1.54) is 11.1 Å². The largest absolute Gasteiger partial charge is 0.478 e. The van der Waals surface area contributed by atoms with Gasteiger partial charge in [-0.25, -0.2) is 4.79 Å². The van der Waals surface area contributed by atoms with Crippen molar-refractivity contribution in [3.8, 4) is 0 Å². The van der Waals surface area contributed by atoms with Crippen LogP contribution in [-0.2, 0) is 17.6 Å². The predicted octanol–water partition coefficient (Wildman–Crippen LogP) is 3.69. The molecule has 2 atom stereocenters. The summed E-state index contributed by atoms with van der Waals surface area (Å²) in [6.07, 6.45) is 5.65. The second kappa shape index (κ2) is 9.72. The van der Waals surface area contributed by atoms with E-state index in [2.05, 4.69) is 32.0 Å². The molecule has 2 aromatic rings. The molecule has 0 aromatic heterocycles. The predicted molar refractivity (Wildman–Crippen MR) is 117 cm³/mol. The summed E-state index contributed by atoms with van der Waals surface area (Å²) in [4.78, 5) is 25.1. The quantitative estimate of drug-likeness (QED) is 0.654. The van der Waals surface area contributed by atoms with Gasteiger partial charge in [0.1, 0.15) is 0 Å². The first-order valence-electron chi connectivity index (χ1n) is 10.4. The molecule has 2 aromatic carbocycles. The number of carbonyl (C=O) groups excluding carboxylic acids is 1. The third kappa shape index (κ3) is 5.80. The second-order valence-corrected chi connectivity index (χ2v) is 8.10. The number of rotatable bonds is 8. The Morgan fingerprint density at radius 2 is 1.80 bits per heavy atom. The molecule has 0 bridgehead atoms. The molecule has 5 heteroatoms. The summed E-state index contributed by atoms with van der Waals surface area (Å²) in [5.41, 5.74) is 4.73. The fourth-order valence-electron chi connectivity index (χ4n) is 4.06. The molecule has 1 heterocycles. The topological polar surface area (TPSA) is 77.8 Å². The third-order valence-corrected chi connectivity index (χ3v) is 5.50. The number of carbonyl (C=O) groups is 2. The highest BCUT2D eigenvalue weighted by atomic mass is 16.4. The first kappa shape index (κ1) is 21.8. The minimum absolute atomic E-state index is 0.00955. The highest BCUT2D eigenvalue weighted by molar-refractivity contribution is 5.87. The van der Waals surface area contributed by atoms with Crippen molar-refractivity contribution in [3.05, 3.63) is 82.4 Å². The lowest BCUT2D eigenvalue weighted by Crippen LogP contribution is -2.33. The number of aromatic carboxylic acids is 1. The van der Waals surface area contributed by atoms with Gasteiger partial charge < -0.3 is 15.1 Å². The minimum Gasteiger partial charge on any atom is -0.478 e. The molecule has 2 N–H and O–H groups in total. The maximum Gasteiger partial charge on any atom is 0.335 e. The summed E-state index contributed by atoms with van der Waals surface area (Å²) >= 11 is 0. The molecule has 1 fully saturated rings. The summed E-state index contributed by atoms with van der Waals surface area (Å²) < 4.78 is 0. The number of nitrogens with zero attached hydrogens (tertiary/aromatic N) is 1. The van der Waals surface area contributed by atoms with Gasteiger partial charge in [-0.3, -0.25) is 4.79 Å². The molecule has 1 aliphatic heterocycles. The average molecular weight is 408 g/mol. The van der Waals surface area contributed by atoms with Crippen LogP contribution < -0.4 is 0 Å². The lowest BCUT2D eigenvalue weighted by atomic mass is 10.0. The summed E-state index contributed by atoms with van der Waals surface area (Å²) in [7, 11) is 0. The van der Waals surface area contributed by atoms with Crippen LogP contribution in [0.1, 0.15) is 45.5 Å². The summed E-state index contributed by atoms with van der Waals surface area (Å²) in [6.45, 7) is 4.68. The molecule has 158 valence electrons. The lowest BCUT2D eigenvalue weighted by Gasteiger charge is -2.23. The SMILES string of the molecule is Cc1cc(C)cc(C[C@H](O)C=C[C@H]2CCC(=O)N2CCc2ccc(C(=O)O)cc2)c1. The molecule has 1 amide bonds. The maximum absolute atomic E-state index is 12.3. The minimum atomic E-state index is -0.944. The number of amides is 1. The Balaban J connectivity index is 1.57. The van der Waals surface area contributed by atoms with Gasteiger partial charge in [0.2, 0.25) is 5.91 Å². The molecule has 5 nitrogen and oxygen atoms in total. The monoisotopic (exact) mass is 407 g/mol. The zero-order valence-electron chi connectivity index (χ0n) is 17.5. The number of likely N-dealkylation sites (tertiary alicyclic amines) is 1. The number of aliphatic hydroxyl groups is 1. The van der Waals surface area contributed by atoms with Gasteiger partial charge >= 0.3 is 5.97 Å². The number of carboxylic acids is 1. The fraction of sp³-hybridized carbons (Fsp3) is 0.360. The van der Waals surface area contributed by atoms with Crippen LogP contribution in [-0.4, -0.2) is 45.7 Å². The first-order valence-corrected chi connectivity index (χ1v) is 10.4. The number of benzene rings is 2.